The monoisotopic (exact) mass is 460 g/mol. The molecular weight excluding hydrogens is 434 g/mol. The Hall–Kier alpha value is -2.91. The van der Waals surface area contributed by atoms with Crippen LogP contribution in [0.1, 0.15) is 44.6 Å². The third kappa shape index (κ3) is 6.08. The van der Waals surface area contributed by atoms with E-state index in [0.29, 0.717) is 37.6 Å². The summed E-state index contributed by atoms with van der Waals surface area (Å²) in [5.41, 5.74) is 1.19. The number of likely N-dealkylation sites (tertiary alicyclic amines) is 1. The van der Waals surface area contributed by atoms with Gasteiger partial charge in [0.15, 0.2) is 0 Å². The molecule has 0 N–H and O–H groups in total. The Morgan fingerprint density at radius 1 is 1.00 bits per heavy atom. The molecule has 0 spiro atoms. The summed E-state index contributed by atoms with van der Waals surface area (Å²) >= 11 is 0. The van der Waals surface area contributed by atoms with Gasteiger partial charge in [0.25, 0.3) is 0 Å². The molecule has 1 aliphatic heterocycles. The second-order valence-corrected chi connectivity index (χ2v) is 9.23. The third-order valence-corrected chi connectivity index (χ3v) is 6.53. The number of carbonyl (C=O) groups is 2. The van der Waals surface area contributed by atoms with E-state index in [1.54, 1.807) is 17.0 Å². The average Bonchev–Trinajstić information content (AvgIpc) is 2.79. The lowest BCUT2D eigenvalue weighted by Crippen LogP contribution is -2.42. The molecule has 172 valence electrons. The molecule has 0 aliphatic carbocycles. The van der Waals surface area contributed by atoms with Crippen molar-refractivity contribution in [3.05, 3.63) is 54.1 Å². The van der Waals surface area contributed by atoms with E-state index in [0.717, 1.165) is 18.6 Å². The van der Waals surface area contributed by atoms with E-state index < -0.39 is 33.0 Å². The van der Waals surface area contributed by atoms with E-state index in [4.69, 9.17) is 9.47 Å². The van der Waals surface area contributed by atoms with Gasteiger partial charge in [-0.2, -0.15) is 0 Å². The Labute approximate surface area is 187 Å². The van der Waals surface area contributed by atoms with Crippen molar-refractivity contribution in [3.63, 3.8) is 0 Å². The van der Waals surface area contributed by atoms with Gasteiger partial charge in [0, 0.05) is 13.1 Å². The van der Waals surface area contributed by atoms with Crippen LogP contribution in [0.2, 0.25) is 0 Å². The second-order valence-electron chi connectivity index (χ2n) is 7.85. The van der Waals surface area contributed by atoms with Crippen molar-refractivity contribution in [2.45, 2.75) is 43.9 Å². The summed E-state index contributed by atoms with van der Waals surface area (Å²) in [5, 5.41) is 0. The van der Waals surface area contributed by atoms with Crippen LogP contribution in [-0.4, -0.2) is 43.0 Å². The van der Waals surface area contributed by atoms with Gasteiger partial charge in [-0.25, -0.2) is 13.2 Å². The fourth-order valence-electron chi connectivity index (χ4n) is 3.44. The van der Waals surface area contributed by atoms with E-state index in [1.807, 2.05) is 12.1 Å². The van der Waals surface area contributed by atoms with Gasteiger partial charge < -0.3 is 18.9 Å². The third-order valence-electron chi connectivity index (χ3n) is 5.68. The number of amides is 1. The first-order valence-electron chi connectivity index (χ1n) is 10.5. The zero-order valence-electron chi connectivity index (χ0n) is 18.0. The number of esters is 1. The molecule has 0 radical (unpaired) electrons. The largest absolute Gasteiger partial charge is 0.744 e. The van der Waals surface area contributed by atoms with Crippen LogP contribution in [0.5, 0.6) is 11.5 Å². The number of nitrogens with zero attached hydrogens (tertiary/aromatic N) is 1. The molecule has 1 atom stereocenters. The maximum Gasteiger partial charge on any atom is 0.415 e. The molecule has 0 bridgehead atoms. The summed E-state index contributed by atoms with van der Waals surface area (Å²) in [5.74, 6) is 0.224. The Morgan fingerprint density at radius 3 is 2.06 bits per heavy atom. The van der Waals surface area contributed by atoms with Gasteiger partial charge in [-0.05, 0) is 67.1 Å². The molecule has 0 saturated carbocycles. The molecule has 1 aliphatic rings. The predicted octanol–water partition coefficient (Wildman–Crippen LogP) is 3.92. The zero-order valence-corrected chi connectivity index (χ0v) is 18.8. The quantitative estimate of drug-likeness (QED) is 0.365. The molecule has 2 aromatic rings. The van der Waals surface area contributed by atoms with E-state index in [1.165, 1.54) is 17.7 Å². The van der Waals surface area contributed by atoms with Gasteiger partial charge in [-0.15, -0.1) is 0 Å². The summed E-state index contributed by atoms with van der Waals surface area (Å²) in [6, 6.07) is 12.2. The SMILES string of the molecule is CCC(C)c1ccc(OC(=O)N2CCC(C(=O)Oc3ccc(S(=O)(=O)[O-])cc3)CC2)cc1. The smallest absolute Gasteiger partial charge is 0.415 e. The van der Waals surface area contributed by atoms with Gasteiger partial charge in [0.05, 0.1) is 10.8 Å². The van der Waals surface area contributed by atoms with Crippen LogP contribution >= 0.6 is 0 Å². The minimum Gasteiger partial charge on any atom is -0.744 e. The second kappa shape index (κ2) is 10.1. The Morgan fingerprint density at radius 2 is 1.53 bits per heavy atom. The Kier molecular flexibility index (Phi) is 7.52. The van der Waals surface area contributed by atoms with Gasteiger partial charge in [0.1, 0.15) is 21.6 Å². The molecule has 9 heteroatoms. The molecular formula is C23H26NO7S-. The fraction of sp³-hybridized carbons (Fsp3) is 0.391. The highest BCUT2D eigenvalue weighted by molar-refractivity contribution is 7.85. The van der Waals surface area contributed by atoms with Crippen molar-refractivity contribution < 1.29 is 32.0 Å². The molecule has 32 heavy (non-hydrogen) atoms. The van der Waals surface area contributed by atoms with E-state index in [-0.39, 0.29) is 5.75 Å². The molecule has 8 nitrogen and oxygen atoms in total. The lowest BCUT2D eigenvalue weighted by atomic mass is 9.97. The van der Waals surface area contributed by atoms with Crippen molar-refractivity contribution in [2.75, 3.05) is 13.1 Å². The highest BCUT2D eigenvalue weighted by Crippen LogP contribution is 2.24. The number of ether oxygens (including phenoxy) is 2. The number of carbonyl (C=O) groups excluding carboxylic acids is 2. The molecule has 1 heterocycles. The number of hydrogen-bond acceptors (Lipinski definition) is 7. The Bertz CT molecular complexity index is 1040. The molecule has 3 rings (SSSR count). The molecule has 1 saturated heterocycles. The first kappa shape index (κ1) is 23.7. The lowest BCUT2D eigenvalue weighted by Gasteiger charge is -2.30. The minimum atomic E-state index is -4.55. The van der Waals surface area contributed by atoms with Crippen LogP contribution in [0.3, 0.4) is 0 Å². The van der Waals surface area contributed by atoms with Gasteiger partial charge >= 0.3 is 12.1 Å². The fourth-order valence-corrected chi connectivity index (χ4v) is 3.91. The van der Waals surface area contributed by atoms with Crippen molar-refractivity contribution in [2.24, 2.45) is 5.92 Å². The summed E-state index contributed by atoms with van der Waals surface area (Å²) in [7, 11) is -4.55. The molecule has 1 fully saturated rings. The summed E-state index contributed by atoms with van der Waals surface area (Å²) in [6.45, 7) is 4.98. The van der Waals surface area contributed by atoms with Crippen molar-refractivity contribution >= 4 is 22.2 Å². The summed E-state index contributed by atoms with van der Waals surface area (Å²) < 4.78 is 43.6. The standard InChI is InChI=1S/C23H27NO7S/c1-3-16(2)17-4-6-20(7-5-17)31-23(26)24-14-12-18(13-15-24)22(25)30-19-8-10-21(11-9-19)32(27,28)29/h4-11,16,18H,3,12-15H2,1-2H3,(H,27,28,29)/p-1. The van der Waals surface area contributed by atoms with Crippen LogP contribution in [-0.2, 0) is 14.9 Å². The number of benzene rings is 2. The lowest BCUT2D eigenvalue weighted by molar-refractivity contribution is -0.140. The number of hydrogen-bond donors (Lipinski definition) is 0. The number of rotatable bonds is 6. The van der Waals surface area contributed by atoms with Gasteiger partial charge in [-0.3, -0.25) is 4.79 Å². The van der Waals surface area contributed by atoms with E-state index in [9.17, 15) is 22.6 Å². The molecule has 1 amide bonds. The highest BCUT2D eigenvalue weighted by atomic mass is 32.2. The first-order valence-corrected chi connectivity index (χ1v) is 11.9. The molecule has 0 aromatic heterocycles. The van der Waals surface area contributed by atoms with Crippen LogP contribution < -0.4 is 9.47 Å². The van der Waals surface area contributed by atoms with Gasteiger partial charge in [0.2, 0.25) is 0 Å². The first-order chi connectivity index (χ1) is 15.2. The normalized spacial score (nSPS) is 15.8. The van der Waals surface area contributed by atoms with Crippen LogP contribution in [0, 0.1) is 5.92 Å². The summed E-state index contributed by atoms with van der Waals surface area (Å²) in [6.07, 6.45) is 1.42. The highest BCUT2D eigenvalue weighted by Gasteiger charge is 2.29. The van der Waals surface area contributed by atoms with E-state index in [2.05, 4.69) is 13.8 Å². The van der Waals surface area contributed by atoms with Crippen LogP contribution in [0.15, 0.2) is 53.4 Å². The molecule has 2 aromatic carbocycles. The number of piperidine rings is 1. The zero-order chi connectivity index (χ0) is 23.3. The topological polar surface area (TPSA) is 113 Å². The predicted molar refractivity (Wildman–Crippen MR) is 116 cm³/mol. The van der Waals surface area contributed by atoms with Crippen molar-refractivity contribution in [1.29, 1.82) is 0 Å². The van der Waals surface area contributed by atoms with Crippen LogP contribution in [0.25, 0.3) is 0 Å². The maximum absolute atomic E-state index is 12.4. The Balaban J connectivity index is 1.48. The van der Waals surface area contributed by atoms with Crippen molar-refractivity contribution in [3.8, 4) is 11.5 Å². The minimum absolute atomic E-state index is 0.157. The average molecular weight is 461 g/mol. The maximum atomic E-state index is 12.4. The summed E-state index contributed by atoms with van der Waals surface area (Å²) in [4.78, 5) is 26.0. The van der Waals surface area contributed by atoms with E-state index >= 15 is 0 Å². The van der Waals surface area contributed by atoms with Crippen LogP contribution in [0.4, 0.5) is 4.79 Å². The molecule has 1 unspecified atom stereocenters. The van der Waals surface area contributed by atoms with Crippen molar-refractivity contribution in [1.82, 2.24) is 4.90 Å². The van der Waals surface area contributed by atoms with Gasteiger partial charge in [-0.1, -0.05) is 26.0 Å².